The molecule has 1 heterocycles. The zero-order valence-corrected chi connectivity index (χ0v) is 10.4. The van der Waals surface area contributed by atoms with Gasteiger partial charge in [-0.05, 0) is 30.4 Å². The number of rotatable bonds is 4. The second-order valence-corrected chi connectivity index (χ2v) is 5.33. The highest BCUT2D eigenvalue weighted by atomic mass is 32.2. The first kappa shape index (κ1) is 12.3. The van der Waals surface area contributed by atoms with Crippen molar-refractivity contribution in [3.8, 4) is 5.75 Å². The molecule has 0 unspecified atom stereocenters. The Labute approximate surface area is 105 Å². The third kappa shape index (κ3) is 3.66. The fourth-order valence-corrected chi connectivity index (χ4v) is 2.96. The molecule has 2 rings (SSSR count). The van der Waals surface area contributed by atoms with Crippen LogP contribution in [0, 0.1) is 0 Å². The minimum absolute atomic E-state index is 0.0254. The Morgan fingerprint density at radius 1 is 1.35 bits per heavy atom. The molecule has 0 saturated carbocycles. The third-order valence-corrected chi connectivity index (χ3v) is 3.83. The first-order valence-electron chi connectivity index (χ1n) is 5.80. The van der Waals surface area contributed by atoms with E-state index in [0.717, 1.165) is 35.7 Å². The highest BCUT2D eigenvalue weighted by molar-refractivity contribution is 7.99. The Balaban J connectivity index is 2.05. The maximum atomic E-state index is 10.8. The molecule has 1 aliphatic heterocycles. The average Bonchev–Trinajstić information content (AvgIpc) is 2.32. The second-order valence-electron chi connectivity index (χ2n) is 4.11. The summed E-state index contributed by atoms with van der Waals surface area (Å²) in [7, 11) is 0. The van der Waals surface area contributed by atoms with E-state index in [1.54, 1.807) is 0 Å². The Bertz CT molecular complexity index is 386. The van der Waals surface area contributed by atoms with Crippen LogP contribution in [0.2, 0.25) is 0 Å². The number of benzene rings is 1. The lowest BCUT2D eigenvalue weighted by Gasteiger charge is -2.23. The Kier molecular flexibility index (Phi) is 4.31. The Morgan fingerprint density at radius 2 is 2.06 bits per heavy atom. The molecule has 0 amide bonds. The average molecular weight is 252 g/mol. The van der Waals surface area contributed by atoms with Gasteiger partial charge >= 0.3 is 5.97 Å². The molecular formula is C13H16O3S. The van der Waals surface area contributed by atoms with Crippen LogP contribution in [-0.2, 0) is 11.2 Å². The zero-order chi connectivity index (χ0) is 12.1. The zero-order valence-electron chi connectivity index (χ0n) is 9.59. The SMILES string of the molecule is O=C(O)Cc1ccccc1OC1CCSCC1. The molecular weight excluding hydrogens is 236 g/mol. The van der Waals surface area contributed by atoms with Gasteiger partial charge in [0.2, 0.25) is 0 Å². The molecule has 0 aliphatic carbocycles. The molecule has 1 aromatic rings. The number of hydrogen-bond acceptors (Lipinski definition) is 3. The van der Waals surface area contributed by atoms with Gasteiger partial charge < -0.3 is 9.84 Å². The van der Waals surface area contributed by atoms with E-state index in [2.05, 4.69) is 0 Å². The van der Waals surface area contributed by atoms with Crippen molar-refractivity contribution < 1.29 is 14.6 Å². The number of thioether (sulfide) groups is 1. The van der Waals surface area contributed by atoms with E-state index in [1.165, 1.54) is 0 Å². The number of para-hydroxylation sites is 1. The third-order valence-electron chi connectivity index (χ3n) is 2.78. The van der Waals surface area contributed by atoms with Crippen molar-refractivity contribution in [1.82, 2.24) is 0 Å². The van der Waals surface area contributed by atoms with Crippen LogP contribution in [0.1, 0.15) is 18.4 Å². The fraction of sp³-hybridized carbons (Fsp3) is 0.462. The molecule has 0 aromatic heterocycles. The normalized spacial score (nSPS) is 16.7. The van der Waals surface area contributed by atoms with Gasteiger partial charge in [-0.1, -0.05) is 18.2 Å². The van der Waals surface area contributed by atoms with Crippen LogP contribution < -0.4 is 4.74 Å². The van der Waals surface area contributed by atoms with Crippen LogP contribution in [-0.4, -0.2) is 28.7 Å². The van der Waals surface area contributed by atoms with Crippen molar-refractivity contribution in [2.24, 2.45) is 0 Å². The van der Waals surface area contributed by atoms with Crippen LogP contribution in [0.3, 0.4) is 0 Å². The molecule has 1 saturated heterocycles. The first-order valence-corrected chi connectivity index (χ1v) is 6.95. The van der Waals surface area contributed by atoms with Crippen molar-refractivity contribution in [3.05, 3.63) is 29.8 Å². The van der Waals surface area contributed by atoms with E-state index in [0.29, 0.717) is 0 Å². The summed E-state index contributed by atoms with van der Waals surface area (Å²) < 4.78 is 5.91. The maximum Gasteiger partial charge on any atom is 0.307 e. The monoisotopic (exact) mass is 252 g/mol. The molecule has 1 fully saturated rings. The first-order chi connectivity index (χ1) is 8.25. The largest absolute Gasteiger partial charge is 0.490 e. The lowest BCUT2D eigenvalue weighted by molar-refractivity contribution is -0.136. The molecule has 17 heavy (non-hydrogen) atoms. The number of hydrogen-bond donors (Lipinski definition) is 1. The lowest BCUT2D eigenvalue weighted by atomic mass is 10.1. The number of aliphatic carboxylic acids is 1. The maximum absolute atomic E-state index is 10.8. The molecule has 0 atom stereocenters. The van der Waals surface area contributed by atoms with Crippen LogP contribution in [0.15, 0.2) is 24.3 Å². The second kappa shape index (κ2) is 5.96. The van der Waals surface area contributed by atoms with Crippen molar-refractivity contribution >= 4 is 17.7 Å². The van der Waals surface area contributed by atoms with E-state index in [-0.39, 0.29) is 12.5 Å². The summed E-state index contributed by atoms with van der Waals surface area (Å²) in [5.74, 6) is 2.17. The summed E-state index contributed by atoms with van der Waals surface area (Å²) >= 11 is 1.95. The topological polar surface area (TPSA) is 46.5 Å². The van der Waals surface area contributed by atoms with E-state index in [1.807, 2.05) is 36.0 Å². The molecule has 92 valence electrons. The van der Waals surface area contributed by atoms with Gasteiger partial charge in [0.05, 0.1) is 6.42 Å². The van der Waals surface area contributed by atoms with Gasteiger partial charge in [-0.2, -0.15) is 11.8 Å². The van der Waals surface area contributed by atoms with Gasteiger partial charge in [0.25, 0.3) is 0 Å². The van der Waals surface area contributed by atoms with E-state index in [9.17, 15) is 4.79 Å². The van der Waals surface area contributed by atoms with Crippen molar-refractivity contribution in [2.45, 2.75) is 25.4 Å². The van der Waals surface area contributed by atoms with Crippen LogP contribution in [0.5, 0.6) is 5.75 Å². The molecule has 3 nitrogen and oxygen atoms in total. The van der Waals surface area contributed by atoms with E-state index < -0.39 is 5.97 Å². The van der Waals surface area contributed by atoms with Crippen molar-refractivity contribution in [2.75, 3.05) is 11.5 Å². The molecule has 1 aromatic carbocycles. The quantitative estimate of drug-likeness (QED) is 0.894. The summed E-state index contributed by atoms with van der Waals surface area (Å²) in [6, 6.07) is 7.42. The van der Waals surface area contributed by atoms with Crippen molar-refractivity contribution in [1.29, 1.82) is 0 Å². The highest BCUT2D eigenvalue weighted by Crippen LogP contribution is 2.25. The van der Waals surface area contributed by atoms with Gasteiger partial charge in [-0.15, -0.1) is 0 Å². The van der Waals surface area contributed by atoms with Gasteiger partial charge in [0, 0.05) is 5.56 Å². The standard InChI is InChI=1S/C13H16O3S/c14-13(15)9-10-3-1-2-4-12(10)16-11-5-7-17-8-6-11/h1-4,11H,5-9H2,(H,14,15). The minimum atomic E-state index is -0.819. The minimum Gasteiger partial charge on any atom is -0.490 e. The summed E-state index contributed by atoms with van der Waals surface area (Å²) in [5, 5.41) is 8.84. The number of ether oxygens (including phenoxy) is 1. The predicted molar refractivity (Wildman–Crippen MR) is 68.8 cm³/mol. The molecule has 0 spiro atoms. The van der Waals surface area contributed by atoms with Crippen LogP contribution in [0.4, 0.5) is 0 Å². The molecule has 0 bridgehead atoms. The Hall–Kier alpha value is -1.16. The highest BCUT2D eigenvalue weighted by Gasteiger charge is 2.17. The Morgan fingerprint density at radius 3 is 2.76 bits per heavy atom. The molecule has 4 heteroatoms. The summed E-state index contributed by atoms with van der Waals surface area (Å²) in [6.07, 6.45) is 2.36. The number of carboxylic acid groups (broad SMARTS) is 1. The van der Waals surface area contributed by atoms with Crippen molar-refractivity contribution in [3.63, 3.8) is 0 Å². The summed E-state index contributed by atoms with van der Waals surface area (Å²) in [5.41, 5.74) is 0.762. The lowest BCUT2D eigenvalue weighted by Crippen LogP contribution is -2.22. The van der Waals surface area contributed by atoms with Crippen LogP contribution in [0.25, 0.3) is 0 Å². The van der Waals surface area contributed by atoms with Gasteiger partial charge in [0.15, 0.2) is 0 Å². The molecule has 1 N–H and O–H groups in total. The van der Waals surface area contributed by atoms with Gasteiger partial charge in [0.1, 0.15) is 11.9 Å². The number of carbonyl (C=O) groups is 1. The summed E-state index contributed by atoms with van der Waals surface area (Å²) in [6.45, 7) is 0. The van der Waals surface area contributed by atoms with Gasteiger partial charge in [-0.3, -0.25) is 4.79 Å². The smallest absolute Gasteiger partial charge is 0.307 e. The molecule has 0 radical (unpaired) electrons. The van der Waals surface area contributed by atoms with E-state index in [4.69, 9.17) is 9.84 Å². The van der Waals surface area contributed by atoms with E-state index >= 15 is 0 Å². The molecule has 1 aliphatic rings. The number of carboxylic acids is 1. The summed E-state index contributed by atoms with van der Waals surface area (Å²) in [4.78, 5) is 10.8. The predicted octanol–water partition coefficient (Wildman–Crippen LogP) is 2.59. The fourth-order valence-electron chi connectivity index (χ4n) is 1.90. The van der Waals surface area contributed by atoms with Crippen LogP contribution >= 0.6 is 11.8 Å². The van der Waals surface area contributed by atoms with Gasteiger partial charge in [-0.25, -0.2) is 0 Å².